The number of rotatable bonds is 44. The summed E-state index contributed by atoms with van der Waals surface area (Å²) in [5.41, 5.74) is 0. The Balaban J connectivity index is 3.55. The van der Waals surface area contributed by atoms with Gasteiger partial charge in [-0.1, -0.05) is 205 Å². The molecule has 0 bridgehead atoms. The van der Waals surface area contributed by atoms with Crippen molar-refractivity contribution in [3.8, 4) is 0 Å². The van der Waals surface area contributed by atoms with Crippen LogP contribution in [0.5, 0.6) is 0 Å². The summed E-state index contributed by atoms with van der Waals surface area (Å²) in [6.45, 7) is 4.81. The molecule has 0 aliphatic heterocycles. The average molecular weight is 776 g/mol. The van der Waals surface area contributed by atoms with Crippen LogP contribution < -0.4 is 5.32 Å². The molecule has 0 aromatic carbocycles. The van der Waals surface area contributed by atoms with Gasteiger partial charge < -0.3 is 20.3 Å². The second-order valence-corrected chi connectivity index (χ2v) is 16.4. The molecule has 0 aromatic rings. The highest BCUT2D eigenvalue weighted by Gasteiger charge is 2.18. The van der Waals surface area contributed by atoms with Gasteiger partial charge in [-0.2, -0.15) is 0 Å². The molecule has 6 nitrogen and oxygen atoms in total. The molecule has 2 atom stereocenters. The summed E-state index contributed by atoms with van der Waals surface area (Å²) in [7, 11) is 0. The Bertz CT molecular complexity index is 858. The number of amides is 1. The van der Waals surface area contributed by atoms with Gasteiger partial charge in [-0.3, -0.25) is 9.59 Å². The number of aliphatic hydroxyl groups is 2. The van der Waals surface area contributed by atoms with Crippen molar-refractivity contribution in [1.82, 2.24) is 5.32 Å². The number of allylic oxidation sites excluding steroid dienone is 3. The molecular weight excluding hydrogens is 683 g/mol. The maximum absolute atomic E-state index is 12.4. The van der Waals surface area contributed by atoms with Crippen molar-refractivity contribution in [2.75, 3.05) is 13.2 Å². The van der Waals surface area contributed by atoms with Crippen molar-refractivity contribution in [3.63, 3.8) is 0 Å². The lowest BCUT2D eigenvalue weighted by Crippen LogP contribution is -2.45. The van der Waals surface area contributed by atoms with E-state index in [1.54, 1.807) is 6.08 Å². The van der Waals surface area contributed by atoms with Gasteiger partial charge in [-0.05, 0) is 57.8 Å². The van der Waals surface area contributed by atoms with E-state index in [4.69, 9.17) is 4.74 Å². The van der Waals surface area contributed by atoms with Crippen molar-refractivity contribution in [3.05, 3.63) is 24.3 Å². The molecule has 0 saturated carbocycles. The van der Waals surface area contributed by atoms with Gasteiger partial charge in [0.15, 0.2) is 0 Å². The second-order valence-electron chi connectivity index (χ2n) is 16.4. The number of ether oxygens (including phenoxy) is 1. The highest BCUT2D eigenvalue weighted by Crippen LogP contribution is 2.15. The summed E-state index contributed by atoms with van der Waals surface area (Å²) < 4.78 is 5.43. The van der Waals surface area contributed by atoms with Gasteiger partial charge >= 0.3 is 5.97 Å². The number of aliphatic hydroxyl groups excluding tert-OH is 2. The number of carbonyl (C=O) groups excluding carboxylic acids is 2. The molecule has 324 valence electrons. The van der Waals surface area contributed by atoms with E-state index in [9.17, 15) is 19.8 Å². The van der Waals surface area contributed by atoms with Crippen LogP contribution in [-0.2, 0) is 14.3 Å². The zero-order valence-electron chi connectivity index (χ0n) is 36.7. The number of hydrogen-bond donors (Lipinski definition) is 3. The highest BCUT2D eigenvalue weighted by atomic mass is 16.5. The maximum atomic E-state index is 12.4. The topological polar surface area (TPSA) is 95.9 Å². The van der Waals surface area contributed by atoms with Crippen molar-refractivity contribution >= 4 is 11.9 Å². The molecule has 6 heteroatoms. The Kier molecular flexibility index (Phi) is 43.7. The molecule has 0 saturated heterocycles. The first-order valence-corrected chi connectivity index (χ1v) is 24.1. The van der Waals surface area contributed by atoms with Gasteiger partial charge in [-0.15, -0.1) is 0 Å². The van der Waals surface area contributed by atoms with Crippen LogP contribution in [0.4, 0.5) is 0 Å². The lowest BCUT2D eigenvalue weighted by Gasteiger charge is -2.20. The van der Waals surface area contributed by atoms with Crippen molar-refractivity contribution < 1.29 is 24.5 Å². The molecule has 0 heterocycles. The standard InChI is InChI=1S/C49H93NO5/c1-3-5-7-9-11-13-15-17-19-23-27-31-35-39-43-49(54)55-44-40-36-32-28-24-20-22-26-30-34-38-42-48(53)50-46(45-51)47(52)41-37-33-29-25-21-18-16-14-12-10-8-6-4-2/h24,28,37,41,46-47,51-52H,3-23,25-27,29-36,38-40,42-45H2,1-2H3,(H,50,53)/b28-24-,41-37+. The predicted octanol–water partition coefficient (Wildman–Crippen LogP) is 14.0. The van der Waals surface area contributed by atoms with Crippen LogP contribution in [-0.4, -0.2) is 47.4 Å². The van der Waals surface area contributed by atoms with Crippen LogP contribution in [0.25, 0.3) is 0 Å². The minimum atomic E-state index is -0.860. The number of hydrogen-bond acceptors (Lipinski definition) is 5. The van der Waals surface area contributed by atoms with Gasteiger partial charge in [0.25, 0.3) is 0 Å². The molecule has 0 rings (SSSR count). The molecule has 0 aromatic heterocycles. The number of nitrogens with one attached hydrogen (secondary N) is 1. The van der Waals surface area contributed by atoms with Crippen molar-refractivity contribution in [2.24, 2.45) is 0 Å². The normalized spacial score (nSPS) is 12.9. The zero-order valence-corrected chi connectivity index (χ0v) is 36.7. The monoisotopic (exact) mass is 776 g/mol. The fourth-order valence-electron chi connectivity index (χ4n) is 7.21. The van der Waals surface area contributed by atoms with Gasteiger partial charge in [0.1, 0.15) is 0 Å². The SMILES string of the molecule is CCCCCCCCCCCCC/C=C/C(O)C(CO)NC(=O)CCCCCCC/C=C\CCCCOC(=O)CCCCCCCCCCCCCCCC. The lowest BCUT2D eigenvalue weighted by atomic mass is 10.0. The van der Waals surface area contributed by atoms with Crippen LogP contribution in [0, 0.1) is 0 Å². The minimum absolute atomic E-state index is 0.0314. The number of esters is 1. The Morgan fingerprint density at radius 2 is 0.855 bits per heavy atom. The number of unbranched alkanes of at least 4 members (excludes halogenated alkanes) is 31. The Morgan fingerprint density at radius 1 is 0.491 bits per heavy atom. The first kappa shape index (κ1) is 53.3. The average Bonchev–Trinajstić information content (AvgIpc) is 3.18. The molecule has 3 N–H and O–H groups in total. The Labute approximate surface area is 341 Å². The fraction of sp³-hybridized carbons (Fsp3) is 0.878. The molecule has 0 fully saturated rings. The summed E-state index contributed by atoms with van der Waals surface area (Å²) in [6, 6.07) is -0.647. The maximum Gasteiger partial charge on any atom is 0.305 e. The predicted molar refractivity (Wildman–Crippen MR) is 236 cm³/mol. The summed E-state index contributed by atoms with van der Waals surface area (Å²) >= 11 is 0. The van der Waals surface area contributed by atoms with Crippen LogP contribution in [0.1, 0.15) is 251 Å². The molecule has 0 aliphatic carbocycles. The van der Waals surface area contributed by atoms with Gasteiger partial charge in [0, 0.05) is 12.8 Å². The Hall–Kier alpha value is -1.66. The van der Waals surface area contributed by atoms with E-state index in [1.807, 2.05) is 6.08 Å². The van der Waals surface area contributed by atoms with E-state index < -0.39 is 12.1 Å². The zero-order chi connectivity index (χ0) is 40.1. The first-order valence-electron chi connectivity index (χ1n) is 24.1. The van der Waals surface area contributed by atoms with E-state index in [-0.39, 0.29) is 18.5 Å². The van der Waals surface area contributed by atoms with Crippen molar-refractivity contribution in [2.45, 2.75) is 264 Å². The third kappa shape index (κ3) is 41.8. The summed E-state index contributed by atoms with van der Waals surface area (Å²) in [4.78, 5) is 24.4. The molecule has 2 unspecified atom stereocenters. The molecule has 1 amide bonds. The quantitative estimate of drug-likeness (QED) is 0.0325. The van der Waals surface area contributed by atoms with Crippen LogP contribution in [0.2, 0.25) is 0 Å². The summed E-state index contributed by atoms with van der Waals surface area (Å²) in [5.74, 6) is -0.129. The molecule has 0 aliphatic rings. The molecule has 0 radical (unpaired) electrons. The van der Waals surface area contributed by atoms with Gasteiger partial charge in [0.05, 0.1) is 25.4 Å². The summed E-state index contributed by atoms with van der Waals surface area (Å²) in [6.07, 6.45) is 51.7. The number of carbonyl (C=O) groups is 2. The third-order valence-corrected chi connectivity index (χ3v) is 11.0. The second kappa shape index (κ2) is 45.0. The largest absolute Gasteiger partial charge is 0.466 e. The third-order valence-electron chi connectivity index (χ3n) is 11.0. The Morgan fingerprint density at radius 3 is 1.29 bits per heavy atom. The van der Waals surface area contributed by atoms with E-state index >= 15 is 0 Å². The van der Waals surface area contributed by atoms with Crippen molar-refractivity contribution in [1.29, 1.82) is 0 Å². The molecular formula is C49H93NO5. The van der Waals surface area contributed by atoms with Crippen LogP contribution in [0.3, 0.4) is 0 Å². The van der Waals surface area contributed by atoms with E-state index in [1.165, 1.54) is 141 Å². The fourth-order valence-corrected chi connectivity index (χ4v) is 7.21. The van der Waals surface area contributed by atoms with E-state index in [2.05, 4.69) is 31.3 Å². The molecule has 55 heavy (non-hydrogen) atoms. The first-order chi connectivity index (χ1) is 27.0. The highest BCUT2D eigenvalue weighted by molar-refractivity contribution is 5.76. The van der Waals surface area contributed by atoms with Crippen LogP contribution >= 0.6 is 0 Å². The molecule has 0 spiro atoms. The summed E-state index contributed by atoms with van der Waals surface area (Å²) in [5, 5.41) is 23.0. The van der Waals surface area contributed by atoms with E-state index in [0.717, 1.165) is 83.5 Å². The lowest BCUT2D eigenvalue weighted by molar-refractivity contribution is -0.143. The van der Waals surface area contributed by atoms with Crippen LogP contribution in [0.15, 0.2) is 24.3 Å². The van der Waals surface area contributed by atoms with Gasteiger partial charge in [-0.25, -0.2) is 0 Å². The van der Waals surface area contributed by atoms with E-state index in [0.29, 0.717) is 19.4 Å². The smallest absolute Gasteiger partial charge is 0.305 e. The minimum Gasteiger partial charge on any atom is -0.466 e. The van der Waals surface area contributed by atoms with Gasteiger partial charge in [0.2, 0.25) is 5.91 Å².